The van der Waals surface area contributed by atoms with E-state index in [0.29, 0.717) is 23.7 Å². The molecular weight excluding hydrogens is 378 g/mol. The molecule has 2 N–H and O–H groups in total. The Balaban J connectivity index is 1.65. The number of amides is 1. The van der Waals surface area contributed by atoms with Crippen LogP contribution >= 0.6 is 0 Å². The van der Waals surface area contributed by atoms with Crippen LogP contribution in [0.5, 0.6) is 0 Å². The van der Waals surface area contributed by atoms with E-state index in [1.807, 2.05) is 25.1 Å². The third-order valence-corrected chi connectivity index (χ3v) is 7.20. The Labute approximate surface area is 162 Å². The fourth-order valence-electron chi connectivity index (χ4n) is 3.50. The van der Waals surface area contributed by atoms with Gasteiger partial charge in [-0.05, 0) is 68.1 Å². The summed E-state index contributed by atoms with van der Waals surface area (Å²) in [6, 6.07) is 12.3. The van der Waals surface area contributed by atoms with Gasteiger partial charge >= 0.3 is 0 Å². The van der Waals surface area contributed by atoms with Crippen LogP contribution in [-0.4, -0.2) is 46.4 Å². The summed E-state index contributed by atoms with van der Waals surface area (Å²) in [7, 11) is -3.88. The van der Waals surface area contributed by atoms with Crippen molar-refractivity contribution in [2.24, 2.45) is 0 Å². The fourth-order valence-corrected chi connectivity index (χ4v) is 5.21. The van der Waals surface area contributed by atoms with Crippen LogP contribution in [0.4, 0.5) is 0 Å². The van der Waals surface area contributed by atoms with Gasteiger partial charge in [0.2, 0.25) is 0 Å². The van der Waals surface area contributed by atoms with Gasteiger partial charge in [0.1, 0.15) is 11.1 Å². The molecule has 8 heteroatoms. The van der Waals surface area contributed by atoms with Crippen LogP contribution in [0.2, 0.25) is 0 Å². The van der Waals surface area contributed by atoms with Crippen molar-refractivity contribution >= 4 is 26.8 Å². The number of fused-ring (bicyclic) bond motifs is 1. The smallest absolute Gasteiger partial charge is 0.264 e. The molecule has 1 aromatic heterocycles. The molecule has 0 bridgehead atoms. The van der Waals surface area contributed by atoms with E-state index in [1.54, 1.807) is 12.1 Å². The van der Waals surface area contributed by atoms with E-state index < -0.39 is 21.0 Å². The Kier molecular flexibility index (Phi) is 4.68. The van der Waals surface area contributed by atoms with Gasteiger partial charge in [-0.3, -0.25) is 10.0 Å². The van der Waals surface area contributed by atoms with Crippen LogP contribution in [0.1, 0.15) is 24.8 Å². The van der Waals surface area contributed by atoms with E-state index in [9.17, 15) is 18.4 Å². The Morgan fingerprint density at radius 1 is 1.14 bits per heavy atom. The number of rotatable bonds is 3. The summed E-state index contributed by atoms with van der Waals surface area (Å²) in [6.45, 7) is 2.16. The number of aryl methyl sites for hydroxylation is 1. The molecular formula is C20H21N3O4S. The van der Waals surface area contributed by atoms with Crippen LogP contribution < -0.4 is 0 Å². The zero-order valence-corrected chi connectivity index (χ0v) is 16.2. The standard InChI is InChI=1S/C20H21N3O4S/c1-13-5-10-16-17(12-13)22-19(21-16)14-6-8-15(9-7-14)28(26,27)18-4-2-3-11-23(25)20(18)24/h5-10,12,18,25H,2-4,11H2,1H3,(H,21,22). The van der Waals surface area contributed by atoms with E-state index in [1.165, 1.54) is 12.1 Å². The number of imidazole rings is 1. The quantitative estimate of drug-likeness (QED) is 0.659. The number of hydroxylamine groups is 2. The second-order valence-electron chi connectivity index (χ2n) is 7.12. The zero-order valence-electron chi connectivity index (χ0n) is 15.4. The maximum absolute atomic E-state index is 12.9. The molecule has 2 heterocycles. The molecule has 0 aliphatic carbocycles. The highest BCUT2D eigenvalue weighted by molar-refractivity contribution is 7.92. The highest BCUT2D eigenvalue weighted by atomic mass is 32.2. The first-order valence-corrected chi connectivity index (χ1v) is 10.7. The highest BCUT2D eigenvalue weighted by Gasteiger charge is 2.37. The molecule has 1 aliphatic rings. The van der Waals surface area contributed by atoms with E-state index in [0.717, 1.165) is 22.2 Å². The number of H-pyrrole nitrogens is 1. The second-order valence-corrected chi connectivity index (χ2v) is 9.25. The molecule has 2 aromatic carbocycles. The van der Waals surface area contributed by atoms with Gasteiger partial charge in [0.25, 0.3) is 5.91 Å². The van der Waals surface area contributed by atoms with E-state index in [2.05, 4.69) is 9.97 Å². The lowest BCUT2D eigenvalue weighted by atomic mass is 10.2. The van der Waals surface area contributed by atoms with Crippen LogP contribution in [0.25, 0.3) is 22.4 Å². The average Bonchev–Trinajstić information content (AvgIpc) is 3.02. The molecule has 146 valence electrons. The molecule has 0 saturated carbocycles. The molecule has 1 fully saturated rings. The molecule has 1 atom stereocenters. The lowest BCUT2D eigenvalue weighted by molar-refractivity contribution is -0.163. The Morgan fingerprint density at radius 2 is 1.89 bits per heavy atom. The van der Waals surface area contributed by atoms with Crippen LogP contribution in [0.15, 0.2) is 47.4 Å². The first kappa shape index (κ1) is 18.6. The zero-order chi connectivity index (χ0) is 19.9. The van der Waals surface area contributed by atoms with Crippen LogP contribution in [0.3, 0.4) is 0 Å². The van der Waals surface area contributed by atoms with Crippen molar-refractivity contribution in [3.63, 3.8) is 0 Å². The summed E-state index contributed by atoms with van der Waals surface area (Å²) >= 11 is 0. The first-order chi connectivity index (χ1) is 13.4. The lowest BCUT2D eigenvalue weighted by Crippen LogP contribution is -2.39. The van der Waals surface area contributed by atoms with Gasteiger partial charge in [-0.15, -0.1) is 0 Å². The van der Waals surface area contributed by atoms with Gasteiger partial charge in [-0.2, -0.15) is 0 Å². The number of nitrogens with zero attached hydrogens (tertiary/aromatic N) is 2. The number of nitrogens with one attached hydrogen (secondary N) is 1. The largest absolute Gasteiger partial charge is 0.338 e. The van der Waals surface area contributed by atoms with Crippen molar-refractivity contribution in [3.8, 4) is 11.4 Å². The van der Waals surface area contributed by atoms with Gasteiger partial charge in [0, 0.05) is 12.1 Å². The molecule has 1 unspecified atom stereocenters. The summed E-state index contributed by atoms with van der Waals surface area (Å²) in [5.74, 6) is -0.106. The number of benzene rings is 2. The Bertz CT molecular complexity index is 1140. The molecule has 1 saturated heterocycles. The van der Waals surface area contributed by atoms with Crippen molar-refractivity contribution in [2.45, 2.75) is 36.3 Å². The predicted octanol–water partition coefficient (Wildman–Crippen LogP) is 3.08. The number of sulfone groups is 1. The minimum Gasteiger partial charge on any atom is -0.338 e. The summed E-state index contributed by atoms with van der Waals surface area (Å²) in [4.78, 5) is 20.1. The Hall–Kier alpha value is -2.71. The van der Waals surface area contributed by atoms with Crippen molar-refractivity contribution < 1.29 is 18.4 Å². The molecule has 7 nitrogen and oxygen atoms in total. The average molecular weight is 399 g/mol. The molecule has 0 spiro atoms. The molecule has 4 rings (SSSR count). The SMILES string of the molecule is Cc1ccc2[nH]c(-c3ccc(S(=O)(=O)C4CCCCN(O)C4=O)cc3)nc2c1. The molecule has 1 amide bonds. The van der Waals surface area contributed by atoms with Crippen molar-refractivity contribution in [3.05, 3.63) is 48.0 Å². The topological polar surface area (TPSA) is 103 Å². The molecule has 1 aliphatic heterocycles. The lowest BCUT2D eigenvalue weighted by Gasteiger charge is -2.18. The number of hydrogen-bond acceptors (Lipinski definition) is 5. The monoisotopic (exact) mass is 399 g/mol. The fraction of sp³-hybridized carbons (Fsp3) is 0.300. The number of hydrogen-bond donors (Lipinski definition) is 2. The summed E-state index contributed by atoms with van der Waals surface area (Å²) in [5.41, 5.74) is 3.62. The Morgan fingerprint density at radius 3 is 2.64 bits per heavy atom. The number of carbonyl (C=O) groups excluding carboxylic acids is 1. The van der Waals surface area contributed by atoms with Crippen molar-refractivity contribution in [2.75, 3.05) is 6.54 Å². The van der Waals surface area contributed by atoms with Crippen LogP contribution in [0, 0.1) is 6.92 Å². The van der Waals surface area contributed by atoms with Gasteiger partial charge in [0.15, 0.2) is 9.84 Å². The molecule has 3 aromatic rings. The van der Waals surface area contributed by atoms with E-state index in [4.69, 9.17) is 0 Å². The molecule has 28 heavy (non-hydrogen) atoms. The second kappa shape index (κ2) is 7.03. The van der Waals surface area contributed by atoms with Crippen LogP contribution in [-0.2, 0) is 14.6 Å². The highest BCUT2D eigenvalue weighted by Crippen LogP contribution is 2.27. The van der Waals surface area contributed by atoms with Gasteiger partial charge in [0.05, 0.1) is 15.9 Å². The third kappa shape index (κ3) is 3.29. The number of carbonyl (C=O) groups is 1. The van der Waals surface area contributed by atoms with Gasteiger partial charge in [-0.25, -0.2) is 18.5 Å². The third-order valence-electron chi connectivity index (χ3n) is 5.09. The minimum absolute atomic E-state index is 0.0665. The predicted molar refractivity (Wildman–Crippen MR) is 105 cm³/mol. The summed E-state index contributed by atoms with van der Waals surface area (Å²) in [5, 5.41) is 9.00. The van der Waals surface area contributed by atoms with E-state index >= 15 is 0 Å². The minimum atomic E-state index is -3.88. The van der Waals surface area contributed by atoms with Gasteiger partial charge < -0.3 is 4.98 Å². The maximum atomic E-state index is 12.9. The normalized spacial score (nSPS) is 18.4. The maximum Gasteiger partial charge on any atom is 0.264 e. The van der Waals surface area contributed by atoms with Gasteiger partial charge in [-0.1, -0.05) is 6.07 Å². The molecule has 0 radical (unpaired) electrons. The number of aromatic nitrogens is 2. The summed E-state index contributed by atoms with van der Waals surface area (Å²) in [6.07, 6.45) is 1.37. The first-order valence-electron chi connectivity index (χ1n) is 9.17. The summed E-state index contributed by atoms with van der Waals surface area (Å²) < 4.78 is 25.9. The number of aromatic amines is 1. The van der Waals surface area contributed by atoms with E-state index in [-0.39, 0.29) is 17.9 Å². The van der Waals surface area contributed by atoms with Crippen molar-refractivity contribution in [1.29, 1.82) is 0 Å². The van der Waals surface area contributed by atoms with Crippen molar-refractivity contribution in [1.82, 2.24) is 15.0 Å².